The van der Waals surface area contributed by atoms with E-state index in [-0.39, 0.29) is 12.1 Å². The molecule has 0 saturated heterocycles. The van der Waals surface area contributed by atoms with E-state index >= 15 is 0 Å². The highest BCUT2D eigenvalue weighted by atomic mass is 32.2. The number of benzene rings is 1. The van der Waals surface area contributed by atoms with Gasteiger partial charge in [-0.15, -0.1) is 11.8 Å². The van der Waals surface area contributed by atoms with Crippen molar-refractivity contribution in [2.24, 2.45) is 0 Å². The van der Waals surface area contributed by atoms with Crippen molar-refractivity contribution >= 4 is 23.5 Å². The predicted molar refractivity (Wildman–Crippen MR) is 70.1 cm³/mol. The SMILES string of the molecule is CCC(C)NC(=O)Nc1ccc(SC)cc1. The van der Waals surface area contributed by atoms with E-state index in [4.69, 9.17) is 0 Å². The average Bonchev–Trinajstić information content (AvgIpc) is 2.29. The number of rotatable bonds is 4. The van der Waals surface area contributed by atoms with Crippen LogP contribution in [0.25, 0.3) is 0 Å². The Balaban J connectivity index is 2.49. The summed E-state index contributed by atoms with van der Waals surface area (Å²) in [6, 6.07) is 7.84. The molecule has 88 valence electrons. The maximum atomic E-state index is 11.5. The van der Waals surface area contributed by atoms with Crippen LogP contribution in [0.4, 0.5) is 10.5 Å². The van der Waals surface area contributed by atoms with Crippen LogP contribution in [-0.4, -0.2) is 18.3 Å². The monoisotopic (exact) mass is 238 g/mol. The zero-order chi connectivity index (χ0) is 12.0. The second-order valence-electron chi connectivity index (χ2n) is 3.64. The van der Waals surface area contributed by atoms with E-state index in [1.165, 1.54) is 4.90 Å². The van der Waals surface area contributed by atoms with Crippen molar-refractivity contribution in [2.75, 3.05) is 11.6 Å². The van der Waals surface area contributed by atoms with Crippen molar-refractivity contribution in [3.8, 4) is 0 Å². The number of anilines is 1. The molecule has 1 aromatic rings. The van der Waals surface area contributed by atoms with Crippen LogP contribution in [0.3, 0.4) is 0 Å². The lowest BCUT2D eigenvalue weighted by molar-refractivity contribution is 0.249. The van der Waals surface area contributed by atoms with Crippen LogP contribution in [0.2, 0.25) is 0 Å². The lowest BCUT2D eigenvalue weighted by Crippen LogP contribution is -2.35. The number of carbonyl (C=O) groups excluding carboxylic acids is 1. The van der Waals surface area contributed by atoms with Crippen LogP contribution in [0.1, 0.15) is 20.3 Å². The molecule has 1 rings (SSSR count). The summed E-state index contributed by atoms with van der Waals surface area (Å²) >= 11 is 1.68. The molecule has 0 spiro atoms. The van der Waals surface area contributed by atoms with Crippen LogP contribution in [0.15, 0.2) is 29.2 Å². The van der Waals surface area contributed by atoms with Crippen LogP contribution in [0, 0.1) is 0 Å². The van der Waals surface area contributed by atoms with E-state index in [9.17, 15) is 4.79 Å². The van der Waals surface area contributed by atoms with E-state index in [1.54, 1.807) is 11.8 Å². The topological polar surface area (TPSA) is 41.1 Å². The van der Waals surface area contributed by atoms with Gasteiger partial charge < -0.3 is 10.6 Å². The molecule has 16 heavy (non-hydrogen) atoms. The minimum absolute atomic E-state index is 0.147. The number of thioether (sulfide) groups is 1. The number of urea groups is 1. The van der Waals surface area contributed by atoms with Gasteiger partial charge in [0.15, 0.2) is 0 Å². The molecular formula is C12H18N2OS. The lowest BCUT2D eigenvalue weighted by atomic mass is 10.3. The molecule has 0 aromatic heterocycles. The molecule has 0 radical (unpaired) electrons. The molecule has 4 heteroatoms. The third-order valence-corrected chi connectivity index (χ3v) is 3.08. The third kappa shape index (κ3) is 4.14. The zero-order valence-electron chi connectivity index (χ0n) is 9.91. The van der Waals surface area contributed by atoms with Gasteiger partial charge >= 0.3 is 6.03 Å². The summed E-state index contributed by atoms with van der Waals surface area (Å²) in [4.78, 5) is 12.7. The maximum absolute atomic E-state index is 11.5. The predicted octanol–water partition coefficient (Wildman–Crippen LogP) is 3.33. The fourth-order valence-electron chi connectivity index (χ4n) is 1.17. The van der Waals surface area contributed by atoms with Crippen molar-refractivity contribution in [3.05, 3.63) is 24.3 Å². The highest BCUT2D eigenvalue weighted by molar-refractivity contribution is 7.98. The lowest BCUT2D eigenvalue weighted by Gasteiger charge is -2.12. The summed E-state index contributed by atoms with van der Waals surface area (Å²) in [6.07, 6.45) is 2.96. The first-order chi connectivity index (χ1) is 7.65. The van der Waals surface area contributed by atoms with E-state index in [1.807, 2.05) is 44.4 Å². The van der Waals surface area contributed by atoms with Gasteiger partial charge in [0.2, 0.25) is 0 Å². The molecule has 3 nitrogen and oxygen atoms in total. The molecule has 1 unspecified atom stereocenters. The standard InChI is InChI=1S/C12H18N2OS/c1-4-9(2)13-12(15)14-10-5-7-11(16-3)8-6-10/h5-9H,4H2,1-3H3,(H2,13,14,15). The highest BCUT2D eigenvalue weighted by Crippen LogP contribution is 2.17. The molecule has 0 bridgehead atoms. The molecule has 0 heterocycles. The third-order valence-electron chi connectivity index (χ3n) is 2.34. The van der Waals surface area contributed by atoms with E-state index < -0.39 is 0 Å². The van der Waals surface area contributed by atoms with E-state index in [0.717, 1.165) is 12.1 Å². The Morgan fingerprint density at radius 1 is 1.38 bits per heavy atom. The van der Waals surface area contributed by atoms with Crippen LogP contribution < -0.4 is 10.6 Å². The van der Waals surface area contributed by atoms with E-state index in [0.29, 0.717) is 0 Å². The number of hydrogen-bond acceptors (Lipinski definition) is 2. The summed E-state index contributed by atoms with van der Waals surface area (Å²) in [5, 5.41) is 5.65. The van der Waals surface area contributed by atoms with Crippen LogP contribution >= 0.6 is 11.8 Å². The Labute approximate surface area is 101 Å². The Morgan fingerprint density at radius 2 is 2.00 bits per heavy atom. The largest absolute Gasteiger partial charge is 0.335 e. The molecule has 0 aliphatic heterocycles. The van der Waals surface area contributed by atoms with Gasteiger partial charge in [0, 0.05) is 16.6 Å². The van der Waals surface area contributed by atoms with Gasteiger partial charge in [0.25, 0.3) is 0 Å². The molecule has 2 amide bonds. The van der Waals surface area contributed by atoms with Crippen molar-refractivity contribution in [1.82, 2.24) is 5.32 Å². The summed E-state index contributed by atoms with van der Waals surface area (Å²) in [6.45, 7) is 4.02. The molecule has 0 saturated carbocycles. The Hall–Kier alpha value is -1.16. The average molecular weight is 238 g/mol. The summed E-state index contributed by atoms with van der Waals surface area (Å²) in [5.74, 6) is 0. The fraction of sp³-hybridized carbons (Fsp3) is 0.417. The zero-order valence-corrected chi connectivity index (χ0v) is 10.7. The van der Waals surface area contributed by atoms with Crippen LogP contribution in [0.5, 0.6) is 0 Å². The van der Waals surface area contributed by atoms with Crippen molar-refractivity contribution in [1.29, 1.82) is 0 Å². The van der Waals surface area contributed by atoms with Gasteiger partial charge in [-0.3, -0.25) is 0 Å². The van der Waals surface area contributed by atoms with Gasteiger partial charge in [-0.25, -0.2) is 4.79 Å². The molecule has 1 aromatic carbocycles. The summed E-state index contributed by atoms with van der Waals surface area (Å²) in [7, 11) is 0. The molecule has 2 N–H and O–H groups in total. The van der Waals surface area contributed by atoms with Crippen molar-refractivity contribution in [2.45, 2.75) is 31.2 Å². The van der Waals surface area contributed by atoms with Crippen LogP contribution in [-0.2, 0) is 0 Å². The highest BCUT2D eigenvalue weighted by Gasteiger charge is 2.04. The smallest absolute Gasteiger partial charge is 0.319 e. The Kier molecular flexibility index (Phi) is 5.19. The van der Waals surface area contributed by atoms with Gasteiger partial charge in [-0.2, -0.15) is 0 Å². The first kappa shape index (κ1) is 12.9. The van der Waals surface area contributed by atoms with Gasteiger partial charge in [0.1, 0.15) is 0 Å². The summed E-state index contributed by atoms with van der Waals surface area (Å²) in [5.41, 5.74) is 0.818. The van der Waals surface area contributed by atoms with Crippen molar-refractivity contribution in [3.63, 3.8) is 0 Å². The molecule has 1 atom stereocenters. The second kappa shape index (κ2) is 6.43. The minimum atomic E-state index is -0.147. The Bertz CT molecular complexity index is 337. The van der Waals surface area contributed by atoms with Crippen molar-refractivity contribution < 1.29 is 4.79 Å². The molecular weight excluding hydrogens is 220 g/mol. The fourth-order valence-corrected chi connectivity index (χ4v) is 1.58. The first-order valence-corrected chi connectivity index (χ1v) is 6.59. The second-order valence-corrected chi connectivity index (χ2v) is 4.52. The molecule has 0 aliphatic carbocycles. The number of carbonyl (C=O) groups is 1. The van der Waals surface area contributed by atoms with Gasteiger partial charge in [0.05, 0.1) is 0 Å². The normalized spacial score (nSPS) is 11.9. The van der Waals surface area contributed by atoms with Gasteiger partial charge in [-0.05, 0) is 43.9 Å². The van der Waals surface area contributed by atoms with Gasteiger partial charge in [-0.1, -0.05) is 6.92 Å². The number of amides is 2. The quantitative estimate of drug-likeness (QED) is 0.790. The Morgan fingerprint density at radius 3 is 2.50 bits per heavy atom. The summed E-state index contributed by atoms with van der Waals surface area (Å²) < 4.78 is 0. The molecule has 0 fully saturated rings. The number of hydrogen-bond donors (Lipinski definition) is 2. The molecule has 0 aliphatic rings. The van der Waals surface area contributed by atoms with E-state index in [2.05, 4.69) is 10.6 Å². The first-order valence-electron chi connectivity index (χ1n) is 5.37. The number of nitrogens with one attached hydrogen (secondary N) is 2. The maximum Gasteiger partial charge on any atom is 0.319 e. The minimum Gasteiger partial charge on any atom is -0.335 e.